The summed E-state index contributed by atoms with van der Waals surface area (Å²) in [4.78, 5) is 0. The number of nitrogens with two attached hydrogens (primary N) is 1. The molecule has 0 atom stereocenters. The smallest absolute Gasteiger partial charge is 0.122 e. The Bertz CT molecular complexity index is 377. The van der Waals surface area contributed by atoms with E-state index in [1.165, 1.54) is 16.7 Å². The topological polar surface area (TPSA) is 35.2 Å². The summed E-state index contributed by atoms with van der Waals surface area (Å²) in [7, 11) is 1.74. The lowest BCUT2D eigenvalue weighted by Gasteiger charge is -2.24. The molecule has 0 spiro atoms. The van der Waals surface area contributed by atoms with Crippen LogP contribution >= 0.6 is 0 Å². The highest BCUT2D eigenvalue weighted by Gasteiger charge is 2.20. The van der Waals surface area contributed by atoms with E-state index in [-0.39, 0.29) is 5.41 Å². The predicted octanol–water partition coefficient (Wildman–Crippen LogP) is 3.19. The van der Waals surface area contributed by atoms with Gasteiger partial charge in [0, 0.05) is 0 Å². The maximum absolute atomic E-state index is 5.58. The Morgan fingerprint density at radius 3 is 2.35 bits per heavy atom. The van der Waals surface area contributed by atoms with Gasteiger partial charge in [0.05, 0.1) is 7.11 Å². The lowest BCUT2D eigenvalue weighted by atomic mass is 9.84. The van der Waals surface area contributed by atoms with Gasteiger partial charge in [-0.15, -0.1) is 0 Å². The molecule has 96 valence electrons. The van der Waals surface area contributed by atoms with Gasteiger partial charge >= 0.3 is 0 Å². The van der Waals surface area contributed by atoms with Crippen LogP contribution < -0.4 is 10.5 Å². The molecular weight excluding hydrogens is 210 g/mol. The maximum atomic E-state index is 5.58. The number of rotatable bonds is 4. The van der Waals surface area contributed by atoms with Gasteiger partial charge in [-0.3, -0.25) is 0 Å². The third kappa shape index (κ3) is 3.47. The van der Waals surface area contributed by atoms with Crippen LogP contribution in [0.1, 0.15) is 43.9 Å². The van der Waals surface area contributed by atoms with Gasteiger partial charge in [-0.2, -0.15) is 0 Å². The van der Waals surface area contributed by atoms with Crippen LogP contribution in [0.5, 0.6) is 5.75 Å². The quantitative estimate of drug-likeness (QED) is 0.870. The van der Waals surface area contributed by atoms with Crippen molar-refractivity contribution in [1.82, 2.24) is 0 Å². The van der Waals surface area contributed by atoms with Crippen molar-refractivity contribution < 1.29 is 4.74 Å². The molecule has 0 heterocycles. The van der Waals surface area contributed by atoms with Crippen LogP contribution in [0.2, 0.25) is 0 Å². The van der Waals surface area contributed by atoms with Crippen molar-refractivity contribution >= 4 is 0 Å². The molecule has 0 aromatic heterocycles. The molecule has 0 aliphatic heterocycles. The third-order valence-electron chi connectivity index (χ3n) is 3.12. The molecule has 1 aromatic rings. The summed E-state index contributed by atoms with van der Waals surface area (Å²) in [5, 5.41) is 0. The monoisotopic (exact) mass is 235 g/mol. The van der Waals surface area contributed by atoms with E-state index in [9.17, 15) is 0 Å². The molecule has 2 N–H and O–H groups in total. The molecule has 0 saturated carbocycles. The number of benzene rings is 1. The Hall–Kier alpha value is -1.02. The van der Waals surface area contributed by atoms with Crippen LogP contribution in [0.3, 0.4) is 0 Å². The molecule has 0 saturated heterocycles. The van der Waals surface area contributed by atoms with Crippen molar-refractivity contribution in [3.63, 3.8) is 0 Å². The largest absolute Gasteiger partial charge is 0.496 e. The zero-order valence-electron chi connectivity index (χ0n) is 11.8. The summed E-state index contributed by atoms with van der Waals surface area (Å²) in [6, 6.07) is 4.43. The molecule has 1 aromatic carbocycles. The zero-order chi connectivity index (χ0) is 13.1. The van der Waals surface area contributed by atoms with Crippen molar-refractivity contribution in [1.29, 1.82) is 0 Å². The van der Waals surface area contributed by atoms with E-state index in [1.807, 2.05) is 0 Å². The van der Waals surface area contributed by atoms with Gasteiger partial charge in [-0.25, -0.2) is 0 Å². The van der Waals surface area contributed by atoms with Crippen LogP contribution in [0, 0.1) is 6.92 Å². The van der Waals surface area contributed by atoms with Gasteiger partial charge in [0.1, 0.15) is 5.75 Å². The van der Waals surface area contributed by atoms with E-state index in [0.717, 1.165) is 25.1 Å². The number of methoxy groups -OCH3 is 1. The highest BCUT2D eigenvalue weighted by atomic mass is 16.5. The SMILES string of the molecule is COc1cc(C)c(CCCN)cc1C(C)(C)C. The minimum atomic E-state index is 0.108. The first-order chi connectivity index (χ1) is 7.90. The predicted molar refractivity (Wildman–Crippen MR) is 73.8 cm³/mol. The Balaban J connectivity index is 3.18. The summed E-state index contributed by atoms with van der Waals surface area (Å²) in [6.07, 6.45) is 2.09. The number of hydrogen-bond acceptors (Lipinski definition) is 2. The summed E-state index contributed by atoms with van der Waals surface area (Å²) in [6.45, 7) is 9.53. The summed E-state index contributed by atoms with van der Waals surface area (Å²) < 4.78 is 5.49. The summed E-state index contributed by atoms with van der Waals surface area (Å²) in [5.41, 5.74) is 9.65. The van der Waals surface area contributed by atoms with Crippen molar-refractivity contribution in [2.45, 2.75) is 46.0 Å². The minimum absolute atomic E-state index is 0.108. The van der Waals surface area contributed by atoms with Crippen LogP contribution in [-0.4, -0.2) is 13.7 Å². The molecule has 2 heteroatoms. The van der Waals surface area contributed by atoms with E-state index >= 15 is 0 Å². The second-order valence-corrected chi connectivity index (χ2v) is 5.62. The van der Waals surface area contributed by atoms with Crippen molar-refractivity contribution in [2.24, 2.45) is 5.73 Å². The van der Waals surface area contributed by atoms with Crippen LogP contribution in [0.15, 0.2) is 12.1 Å². The lowest BCUT2D eigenvalue weighted by molar-refractivity contribution is 0.397. The molecule has 0 aliphatic carbocycles. The normalized spacial score (nSPS) is 11.6. The van der Waals surface area contributed by atoms with E-state index in [1.54, 1.807) is 7.11 Å². The lowest BCUT2D eigenvalue weighted by Crippen LogP contribution is -2.14. The van der Waals surface area contributed by atoms with Gasteiger partial charge in [0.2, 0.25) is 0 Å². The Morgan fingerprint density at radius 1 is 1.24 bits per heavy atom. The van der Waals surface area contributed by atoms with Gasteiger partial charge in [-0.05, 0) is 54.5 Å². The zero-order valence-corrected chi connectivity index (χ0v) is 11.8. The average Bonchev–Trinajstić information content (AvgIpc) is 2.25. The fourth-order valence-electron chi connectivity index (χ4n) is 2.04. The molecule has 0 amide bonds. The van der Waals surface area contributed by atoms with Gasteiger partial charge in [0.15, 0.2) is 0 Å². The molecule has 0 bridgehead atoms. The minimum Gasteiger partial charge on any atom is -0.496 e. The first-order valence-electron chi connectivity index (χ1n) is 6.28. The van der Waals surface area contributed by atoms with Crippen LogP contribution in [-0.2, 0) is 11.8 Å². The number of ether oxygens (including phenoxy) is 1. The van der Waals surface area contributed by atoms with Crippen LogP contribution in [0.4, 0.5) is 0 Å². The van der Waals surface area contributed by atoms with Crippen molar-refractivity contribution in [3.8, 4) is 5.75 Å². The fraction of sp³-hybridized carbons (Fsp3) is 0.600. The molecule has 0 unspecified atom stereocenters. The molecule has 1 rings (SSSR count). The van der Waals surface area contributed by atoms with Gasteiger partial charge in [0.25, 0.3) is 0 Å². The van der Waals surface area contributed by atoms with Crippen molar-refractivity contribution in [2.75, 3.05) is 13.7 Å². The average molecular weight is 235 g/mol. The molecule has 0 radical (unpaired) electrons. The van der Waals surface area contributed by atoms with Gasteiger partial charge in [-0.1, -0.05) is 26.8 Å². The highest BCUT2D eigenvalue weighted by Crippen LogP contribution is 2.33. The standard InChI is InChI=1S/C15H25NO/c1-11-9-14(17-5)13(15(2,3)4)10-12(11)7-6-8-16/h9-10H,6-8,16H2,1-5H3. The molecule has 0 fully saturated rings. The molecule has 0 aliphatic rings. The third-order valence-corrected chi connectivity index (χ3v) is 3.12. The van der Waals surface area contributed by atoms with E-state index in [2.05, 4.69) is 39.8 Å². The second kappa shape index (κ2) is 5.54. The molecule has 17 heavy (non-hydrogen) atoms. The van der Waals surface area contributed by atoms with E-state index in [0.29, 0.717) is 0 Å². The van der Waals surface area contributed by atoms with E-state index < -0.39 is 0 Å². The van der Waals surface area contributed by atoms with Crippen molar-refractivity contribution in [3.05, 3.63) is 28.8 Å². The first kappa shape index (κ1) is 14.0. The highest BCUT2D eigenvalue weighted by molar-refractivity contribution is 5.45. The second-order valence-electron chi connectivity index (χ2n) is 5.62. The molecule has 2 nitrogen and oxygen atoms in total. The fourth-order valence-corrected chi connectivity index (χ4v) is 2.04. The maximum Gasteiger partial charge on any atom is 0.122 e. The summed E-state index contributed by atoms with van der Waals surface area (Å²) in [5.74, 6) is 0.992. The Morgan fingerprint density at radius 2 is 1.88 bits per heavy atom. The summed E-state index contributed by atoms with van der Waals surface area (Å²) >= 11 is 0. The van der Waals surface area contributed by atoms with Gasteiger partial charge < -0.3 is 10.5 Å². The Labute approximate surface area is 105 Å². The number of hydrogen-bond donors (Lipinski definition) is 1. The Kier molecular flexibility index (Phi) is 4.58. The number of aryl methyl sites for hydroxylation is 2. The van der Waals surface area contributed by atoms with E-state index in [4.69, 9.17) is 10.5 Å². The first-order valence-corrected chi connectivity index (χ1v) is 6.28. The van der Waals surface area contributed by atoms with Crippen LogP contribution in [0.25, 0.3) is 0 Å². The molecular formula is C15H25NO.